The van der Waals surface area contributed by atoms with Crippen LogP contribution in [0.15, 0.2) is 0 Å². The normalized spacial score (nSPS) is 22.1. The van der Waals surface area contributed by atoms with Crippen LogP contribution < -0.4 is 0 Å². The van der Waals surface area contributed by atoms with Gasteiger partial charge in [0.1, 0.15) is 6.04 Å². The molecule has 6 nitrogen and oxygen atoms in total. The fourth-order valence-electron chi connectivity index (χ4n) is 2.19. The number of thioether (sulfide) groups is 1. The van der Waals surface area contributed by atoms with Crippen molar-refractivity contribution in [3.8, 4) is 0 Å². The fourth-order valence-corrected chi connectivity index (χ4v) is 3.66. The number of carbonyl (C=O) groups excluding carboxylic acids is 1. The maximum Gasteiger partial charge on any atom is 0.327 e. The predicted molar refractivity (Wildman–Crippen MR) is 83.5 cm³/mol. The molecule has 1 aliphatic heterocycles. The van der Waals surface area contributed by atoms with Crippen LogP contribution in [0.25, 0.3) is 0 Å². The molecule has 7 heteroatoms. The molecule has 1 saturated heterocycles. The highest BCUT2D eigenvalue weighted by Gasteiger charge is 2.43. The Kier molecular flexibility index (Phi) is 6.80. The van der Waals surface area contributed by atoms with Crippen molar-refractivity contribution in [2.75, 3.05) is 26.0 Å². The van der Waals surface area contributed by atoms with Gasteiger partial charge in [0.05, 0.1) is 18.1 Å². The van der Waals surface area contributed by atoms with Crippen LogP contribution in [0.2, 0.25) is 0 Å². The zero-order valence-electron chi connectivity index (χ0n) is 13.4. The van der Waals surface area contributed by atoms with Crippen LogP contribution in [0.3, 0.4) is 0 Å². The van der Waals surface area contributed by atoms with Crippen molar-refractivity contribution in [2.45, 2.75) is 45.2 Å². The van der Waals surface area contributed by atoms with E-state index < -0.39 is 12.0 Å². The third-order valence-electron chi connectivity index (χ3n) is 3.32. The molecule has 0 spiro atoms. The Balaban J connectivity index is 2.72. The first-order valence-electron chi connectivity index (χ1n) is 7.25. The lowest BCUT2D eigenvalue weighted by Gasteiger charge is -2.33. The summed E-state index contributed by atoms with van der Waals surface area (Å²) in [4.78, 5) is 27.0. The van der Waals surface area contributed by atoms with Crippen molar-refractivity contribution in [2.24, 2.45) is 5.92 Å². The van der Waals surface area contributed by atoms with Crippen molar-refractivity contribution >= 4 is 23.8 Å². The van der Waals surface area contributed by atoms with Gasteiger partial charge in [-0.15, -0.1) is 11.8 Å². The van der Waals surface area contributed by atoms with E-state index >= 15 is 0 Å². The van der Waals surface area contributed by atoms with E-state index in [4.69, 9.17) is 4.74 Å². The van der Waals surface area contributed by atoms with E-state index in [2.05, 4.69) is 0 Å². The third kappa shape index (κ3) is 4.78. The Bertz CT molecular complexity index is 376. The number of hydrogen-bond donors (Lipinski definition) is 1. The van der Waals surface area contributed by atoms with Crippen molar-refractivity contribution in [3.63, 3.8) is 0 Å². The van der Waals surface area contributed by atoms with E-state index in [0.717, 1.165) is 0 Å². The summed E-state index contributed by atoms with van der Waals surface area (Å²) in [6.45, 7) is 8.79. The molecule has 21 heavy (non-hydrogen) atoms. The first-order chi connectivity index (χ1) is 9.75. The molecule has 0 aromatic rings. The molecule has 2 amide bonds. The molecule has 1 heterocycles. The summed E-state index contributed by atoms with van der Waals surface area (Å²) in [5.74, 6) is -0.283. The molecule has 0 radical (unpaired) electrons. The molecule has 1 aliphatic rings. The zero-order valence-corrected chi connectivity index (χ0v) is 14.2. The monoisotopic (exact) mass is 318 g/mol. The lowest BCUT2D eigenvalue weighted by molar-refractivity contribution is -0.141. The smallest absolute Gasteiger partial charge is 0.327 e. The number of carboxylic acid groups (broad SMARTS) is 1. The Labute approximate surface area is 130 Å². The Morgan fingerprint density at radius 3 is 2.48 bits per heavy atom. The molecule has 1 N–H and O–H groups in total. The molecule has 0 bridgehead atoms. The van der Waals surface area contributed by atoms with E-state index in [0.29, 0.717) is 18.9 Å². The van der Waals surface area contributed by atoms with Gasteiger partial charge in [0.15, 0.2) is 0 Å². The summed E-state index contributed by atoms with van der Waals surface area (Å²) in [7, 11) is 1.69. The Hall–Kier alpha value is -0.950. The number of nitrogens with zero attached hydrogens (tertiary/aromatic N) is 2. The van der Waals surface area contributed by atoms with Crippen LogP contribution in [0.1, 0.15) is 27.7 Å². The van der Waals surface area contributed by atoms with Gasteiger partial charge >= 0.3 is 12.0 Å². The number of carboxylic acids is 1. The zero-order chi connectivity index (χ0) is 16.2. The largest absolute Gasteiger partial charge is 0.480 e. The molecule has 0 aromatic heterocycles. The van der Waals surface area contributed by atoms with Crippen molar-refractivity contribution < 1.29 is 19.4 Å². The SMILES string of the molecule is CC(C)OCCN(C)C(=O)N1C(C(=O)O)CSC1C(C)C. The summed E-state index contributed by atoms with van der Waals surface area (Å²) < 4.78 is 5.44. The molecule has 0 aromatic carbocycles. The summed E-state index contributed by atoms with van der Waals surface area (Å²) >= 11 is 1.54. The van der Waals surface area contributed by atoms with Gasteiger partial charge in [-0.1, -0.05) is 13.8 Å². The minimum atomic E-state index is -0.939. The third-order valence-corrected chi connectivity index (χ3v) is 4.94. The summed E-state index contributed by atoms with van der Waals surface area (Å²) in [6.07, 6.45) is 0.117. The maximum atomic E-state index is 12.6. The molecule has 122 valence electrons. The van der Waals surface area contributed by atoms with Crippen LogP contribution in [0.5, 0.6) is 0 Å². The number of ether oxygens (including phenoxy) is 1. The first-order valence-corrected chi connectivity index (χ1v) is 8.30. The molecule has 0 aliphatic carbocycles. The topological polar surface area (TPSA) is 70.1 Å². The van der Waals surface area contributed by atoms with Crippen LogP contribution >= 0.6 is 11.8 Å². The van der Waals surface area contributed by atoms with Crippen molar-refractivity contribution in [3.05, 3.63) is 0 Å². The molecule has 2 unspecified atom stereocenters. The number of amides is 2. The van der Waals surface area contributed by atoms with Crippen LogP contribution in [0.4, 0.5) is 4.79 Å². The van der Waals surface area contributed by atoms with Gasteiger partial charge in [-0.2, -0.15) is 0 Å². The van der Waals surface area contributed by atoms with E-state index in [1.807, 2.05) is 27.7 Å². The van der Waals surface area contributed by atoms with Crippen molar-refractivity contribution in [1.82, 2.24) is 9.80 Å². The molecule has 2 atom stereocenters. The van der Waals surface area contributed by atoms with E-state index in [-0.39, 0.29) is 23.4 Å². The van der Waals surface area contributed by atoms with Gasteiger partial charge in [-0.3, -0.25) is 4.90 Å². The lowest BCUT2D eigenvalue weighted by Crippen LogP contribution is -2.52. The average molecular weight is 318 g/mol. The lowest BCUT2D eigenvalue weighted by atomic mass is 10.1. The highest BCUT2D eigenvalue weighted by molar-refractivity contribution is 8.00. The molecule has 1 rings (SSSR count). The molecular formula is C14H26N2O4S. The maximum absolute atomic E-state index is 12.6. The molecule has 1 fully saturated rings. The van der Waals surface area contributed by atoms with Crippen LogP contribution in [-0.2, 0) is 9.53 Å². The minimum Gasteiger partial charge on any atom is -0.480 e. The average Bonchev–Trinajstić information content (AvgIpc) is 2.81. The standard InChI is InChI=1S/C14H26N2O4S/c1-9(2)12-16(11(8-21-12)13(17)18)14(19)15(5)6-7-20-10(3)4/h9-12H,6-8H2,1-5H3,(H,17,18). The van der Waals surface area contributed by atoms with E-state index in [1.54, 1.807) is 11.9 Å². The summed E-state index contributed by atoms with van der Waals surface area (Å²) in [5.41, 5.74) is 0. The summed E-state index contributed by atoms with van der Waals surface area (Å²) in [5, 5.41) is 9.22. The fraction of sp³-hybridized carbons (Fsp3) is 0.857. The van der Waals surface area contributed by atoms with Gasteiger partial charge in [0, 0.05) is 19.3 Å². The minimum absolute atomic E-state index is 0.0907. The Morgan fingerprint density at radius 2 is 2.00 bits per heavy atom. The molecular weight excluding hydrogens is 292 g/mol. The van der Waals surface area contributed by atoms with E-state index in [1.165, 1.54) is 16.7 Å². The van der Waals surface area contributed by atoms with Gasteiger partial charge in [0.25, 0.3) is 0 Å². The summed E-state index contributed by atoms with van der Waals surface area (Å²) in [6, 6.07) is -0.984. The van der Waals surface area contributed by atoms with E-state index in [9.17, 15) is 14.7 Å². The number of carbonyl (C=O) groups is 2. The predicted octanol–water partition coefficient (Wildman–Crippen LogP) is 1.95. The second-order valence-electron chi connectivity index (χ2n) is 5.85. The highest BCUT2D eigenvalue weighted by atomic mass is 32.2. The van der Waals surface area contributed by atoms with Crippen LogP contribution in [0, 0.1) is 5.92 Å². The Morgan fingerprint density at radius 1 is 1.38 bits per heavy atom. The highest BCUT2D eigenvalue weighted by Crippen LogP contribution is 2.34. The second kappa shape index (κ2) is 7.89. The van der Waals surface area contributed by atoms with Gasteiger partial charge < -0.3 is 14.7 Å². The second-order valence-corrected chi connectivity index (χ2v) is 7.00. The first kappa shape index (κ1) is 18.1. The number of likely N-dealkylation sites (N-methyl/N-ethyl adjacent to an activating group) is 1. The number of aliphatic carboxylic acids is 1. The van der Waals surface area contributed by atoms with Gasteiger partial charge in [-0.05, 0) is 19.8 Å². The van der Waals surface area contributed by atoms with Gasteiger partial charge in [0.2, 0.25) is 0 Å². The van der Waals surface area contributed by atoms with Gasteiger partial charge in [-0.25, -0.2) is 9.59 Å². The molecule has 0 saturated carbocycles. The van der Waals surface area contributed by atoms with Crippen LogP contribution in [-0.4, -0.2) is 70.4 Å². The number of rotatable bonds is 6. The quantitative estimate of drug-likeness (QED) is 0.810. The van der Waals surface area contributed by atoms with Crippen molar-refractivity contribution in [1.29, 1.82) is 0 Å². The number of hydrogen-bond acceptors (Lipinski definition) is 4. The number of urea groups is 1.